The monoisotopic (exact) mass is 508 g/mol. The van der Waals surface area contributed by atoms with Crippen LogP contribution in [0.5, 0.6) is 11.5 Å². The summed E-state index contributed by atoms with van der Waals surface area (Å²) in [7, 11) is 0. The third kappa shape index (κ3) is 6.54. The molecule has 2 N–H and O–H groups in total. The lowest BCUT2D eigenvalue weighted by Gasteiger charge is -2.44. The zero-order chi connectivity index (χ0) is 26.5. The summed E-state index contributed by atoms with van der Waals surface area (Å²) in [5.41, 5.74) is 0.777. The molecule has 0 saturated heterocycles. The molecule has 3 unspecified atom stereocenters. The van der Waals surface area contributed by atoms with Gasteiger partial charge in [0.15, 0.2) is 0 Å². The van der Waals surface area contributed by atoms with Gasteiger partial charge in [-0.2, -0.15) is 13.2 Å². The summed E-state index contributed by atoms with van der Waals surface area (Å²) in [6.45, 7) is 1.49. The number of halogens is 3. The predicted molar refractivity (Wildman–Crippen MR) is 121 cm³/mol. The minimum absolute atomic E-state index is 0.0864. The Bertz CT molecular complexity index is 1060. The predicted octanol–water partition coefficient (Wildman–Crippen LogP) is 4.33. The number of hydrogen-bond donors (Lipinski definition) is 2. The molecule has 0 spiro atoms. The zero-order valence-corrected chi connectivity index (χ0v) is 19.5. The maximum absolute atomic E-state index is 13.3. The van der Waals surface area contributed by atoms with Crippen LogP contribution in [-0.4, -0.2) is 57.3 Å². The molecule has 0 radical (unpaired) electrons. The Morgan fingerprint density at radius 3 is 2.17 bits per heavy atom. The minimum atomic E-state index is -5.32. The fourth-order valence-electron chi connectivity index (χ4n) is 4.24. The summed E-state index contributed by atoms with van der Waals surface area (Å²) in [4.78, 5) is 37.6. The maximum Gasteiger partial charge on any atom is 0.473 e. The first kappa shape index (κ1) is 27.0. The average Bonchev–Trinajstić information content (AvgIpc) is 2.82. The van der Waals surface area contributed by atoms with Gasteiger partial charge in [-0.15, -0.1) is 0 Å². The molecule has 1 saturated carbocycles. The van der Waals surface area contributed by atoms with E-state index in [2.05, 4.69) is 0 Å². The molecule has 2 aromatic rings. The second kappa shape index (κ2) is 11.4. The number of alkyl halides is 3. The van der Waals surface area contributed by atoms with Gasteiger partial charge in [0.1, 0.15) is 11.5 Å². The third-order valence-electron chi connectivity index (χ3n) is 6.12. The van der Waals surface area contributed by atoms with Gasteiger partial charge < -0.3 is 14.7 Å². The van der Waals surface area contributed by atoms with E-state index in [0.29, 0.717) is 24.5 Å². The van der Waals surface area contributed by atoms with Crippen LogP contribution in [0.15, 0.2) is 54.6 Å². The number of carbonyl (C=O) groups is 3. The Morgan fingerprint density at radius 1 is 1.00 bits per heavy atom. The topological polar surface area (TPSA) is 107 Å². The number of nitrogens with zero attached hydrogens (tertiary/aromatic N) is 2. The number of aliphatic carboxylic acids is 1. The highest BCUT2D eigenvalue weighted by molar-refractivity contribution is 5.84. The molecule has 194 valence electrons. The minimum Gasteiger partial charge on any atom is -0.481 e. The lowest BCUT2D eigenvalue weighted by Crippen LogP contribution is -2.55. The standard InChI is InChI=1S/C25H27F3N2O6/c1-2-12-29(14-16-8-10-18(11-9-16)36-17-6-4-3-5-7-17)22(31)19-13-20(23(32)33)21(19)15-30(35)24(34)25(26,27)28/h3-11,19-21,35H,2,12-15H2,1H3,(H,32,33). The number of carbonyl (C=O) groups excluding carboxylic acids is 2. The first-order chi connectivity index (χ1) is 17.0. The van der Waals surface area contributed by atoms with Gasteiger partial charge >= 0.3 is 18.1 Å². The summed E-state index contributed by atoms with van der Waals surface area (Å²) in [5, 5.41) is 18.5. The lowest BCUT2D eigenvalue weighted by molar-refractivity contribution is -0.222. The van der Waals surface area contributed by atoms with Crippen molar-refractivity contribution < 1.29 is 42.6 Å². The molecule has 0 heterocycles. The van der Waals surface area contributed by atoms with E-state index < -0.39 is 53.3 Å². The van der Waals surface area contributed by atoms with Crippen LogP contribution in [0.3, 0.4) is 0 Å². The molecule has 8 nitrogen and oxygen atoms in total. The van der Waals surface area contributed by atoms with Crippen molar-refractivity contribution in [2.45, 2.75) is 32.5 Å². The van der Waals surface area contributed by atoms with E-state index in [1.165, 1.54) is 4.90 Å². The molecule has 2 aromatic carbocycles. The second-order valence-electron chi connectivity index (χ2n) is 8.65. The molecule has 1 aliphatic rings. The number of para-hydroxylation sites is 1. The van der Waals surface area contributed by atoms with Gasteiger partial charge in [-0.1, -0.05) is 37.3 Å². The van der Waals surface area contributed by atoms with E-state index >= 15 is 0 Å². The third-order valence-corrected chi connectivity index (χ3v) is 6.12. The molecular weight excluding hydrogens is 481 g/mol. The van der Waals surface area contributed by atoms with E-state index in [1.807, 2.05) is 37.3 Å². The molecule has 0 aliphatic heterocycles. The van der Waals surface area contributed by atoms with Crippen molar-refractivity contribution in [2.75, 3.05) is 13.1 Å². The fourth-order valence-corrected chi connectivity index (χ4v) is 4.24. The fraction of sp³-hybridized carbons (Fsp3) is 0.400. The first-order valence-electron chi connectivity index (χ1n) is 11.4. The van der Waals surface area contributed by atoms with E-state index in [9.17, 15) is 37.9 Å². The Balaban J connectivity index is 1.69. The molecular formula is C25H27F3N2O6. The van der Waals surface area contributed by atoms with Crippen LogP contribution < -0.4 is 4.74 Å². The van der Waals surface area contributed by atoms with Gasteiger partial charge in [0.2, 0.25) is 5.91 Å². The normalized spacial score (nSPS) is 19.2. The number of ether oxygens (including phenoxy) is 1. The molecule has 1 fully saturated rings. The van der Waals surface area contributed by atoms with E-state index in [0.717, 1.165) is 5.56 Å². The van der Waals surface area contributed by atoms with E-state index in [4.69, 9.17) is 4.74 Å². The Labute approximate surface area is 205 Å². The average molecular weight is 508 g/mol. The summed E-state index contributed by atoms with van der Waals surface area (Å²) in [6, 6.07) is 16.2. The van der Waals surface area contributed by atoms with Gasteiger partial charge in [-0.25, -0.2) is 5.06 Å². The van der Waals surface area contributed by atoms with Crippen LogP contribution in [0.25, 0.3) is 0 Å². The quantitative estimate of drug-likeness (QED) is 0.365. The van der Waals surface area contributed by atoms with E-state index in [-0.39, 0.29) is 13.0 Å². The van der Waals surface area contributed by atoms with Crippen molar-refractivity contribution >= 4 is 17.8 Å². The highest BCUT2D eigenvalue weighted by Crippen LogP contribution is 2.43. The molecule has 2 amide bonds. The summed E-state index contributed by atoms with van der Waals surface area (Å²) in [5.74, 6) is -6.20. The van der Waals surface area contributed by atoms with Gasteiger partial charge in [0.25, 0.3) is 0 Å². The van der Waals surface area contributed by atoms with Crippen LogP contribution in [0.2, 0.25) is 0 Å². The van der Waals surface area contributed by atoms with Crippen molar-refractivity contribution in [3.05, 3.63) is 60.2 Å². The van der Waals surface area contributed by atoms with Crippen LogP contribution in [0.1, 0.15) is 25.3 Å². The van der Waals surface area contributed by atoms with Crippen molar-refractivity contribution in [2.24, 2.45) is 17.8 Å². The molecule has 11 heteroatoms. The van der Waals surface area contributed by atoms with Crippen LogP contribution in [0.4, 0.5) is 13.2 Å². The Morgan fingerprint density at radius 2 is 1.61 bits per heavy atom. The number of carboxylic acids is 1. The summed E-state index contributed by atoms with van der Waals surface area (Å²) < 4.78 is 43.7. The van der Waals surface area contributed by atoms with Gasteiger partial charge in [-0.3, -0.25) is 19.6 Å². The van der Waals surface area contributed by atoms with Crippen LogP contribution >= 0.6 is 0 Å². The molecule has 0 aromatic heterocycles. The maximum atomic E-state index is 13.3. The lowest BCUT2D eigenvalue weighted by atomic mass is 9.64. The molecule has 3 atom stereocenters. The number of hydrogen-bond acceptors (Lipinski definition) is 5. The smallest absolute Gasteiger partial charge is 0.473 e. The van der Waals surface area contributed by atoms with Crippen LogP contribution in [-0.2, 0) is 20.9 Å². The molecule has 0 bridgehead atoms. The second-order valence-corrected chi connectivity index (χ2v) is 8.65. The largest absolute Gasteiger partial charge is 0.481 e. The number of hydroxylamine groups is 2. The number of amides is 2. The first-order valence-corrected chi connectivity index (χ1v) is 11.4. The SMILES string of the molecule is CCCN(Cc1ccc(Oc2ccccc2)cc1)C(=O)C1CC(C(=O)O)C1CN(O)C(=O)C(F)(F)F. The summed E-state index contributed by atoms with van der Waals surface area (Å²) >= 11 is 0. The van der Waals surface area contributed by atoms with Gasteiger partial charge in [-0.05, 0) is 42.7 Å². The molecule has 36 heavy (non-hydrogen) atoms. The van der Waals surface area contributed by atoms with E-state index in [1.54, 1.807) is 24.3 Å². The van der Waals surface area contributed by atoms with Crippen molar-refractivity contribution in [3.8, 4) is 11.5 Å². The number of carboxylic acid groups (broad SMARTS) is 1. The number of benzene rings is 2. The Hall–Kier alpha value is -3.60. The highest BCUT2D eigenvalue weighted by atomic mass is 19.4. The van der Waals surface area contributed by atoms with Crippen LogP contribution in [0, 0.1) is 17.8 Å². The van der Waals surface area contributed by atoms with Gasteiger partial charge in [0, 0.05) is 24.9 Å². The zero-order valence-electron chi connectivity index (χ0n) is 19.5. The molecule has 3 rings (SSSR count). The van der Waals surface area contributed by atoms with Crippen molar-refractivity contribution in [1.82, 2.24) is 9.96 Å². The van der Waals surface area contributed by atoms with Crippen molar-refractivity contribution in [3.63, 3.8) is 0 Å². The van der Waals surface area contributed by atoms with Crippen molar-refractivity contribution in [1.29, 1.82) is 0 Å². The Kier molecular flexibility index (Phi) is 8.57. The van der Waals surface area contributed by atoms with Gasteiger partial charge in [0.05, 0.1) is 12.5 Å². The summed E-state index contributed by atoms with van der Waals surface area (Å²) in [6.07, 6.45) is -4.81. The molecule has 1 aliphatic carbocycles. The number of rotatable bonds is 10. The highest BCUT2D eigenvalue weighted by Gasteiger charge is 2.52.